The molecule has 112 valence electrons. The van der Waals surface area contributed by atoms with Crippen LogP contribution in [0.3, 0.4) is 0 Å². The quantitative estimate of drug-likeness (QED) is 0.698. The van der Waals surface area contributed by atoms with E-state index in [-0.39, 0.29) is 5.91 Å². The van der Waals surface area contributed by atoms with Gasteiger partial charge < -0.3 is 5.32 Å². The highest BCUT2D eigenvalue weighted by Gasteiger charge is 2.05. The molecule has 1 amide bonds. The van der Waals surface area contributed by atoms with Crippen molar-refractivity contribution in [1.82, 2.24) is 35.4 Å². The van der Waals surface area contributed by atoms with E-state index in [1.807, 2.05) is 24.3 Å². The molecule has 0 aliphatic heterocycles. The molecule has 22 heavy (non-hydrogen) atoms. The Balaban J connectivity index is 1.54. The minimum Gasteiger partial charge on any atom is -0.326 e. The number of carbonyl (C=O) groups excluding carboxylic acids is 1. The van der Waals surface area contributed by atoms with Gasteiger partial charge in [-0.25, -0.2) is 9.67 Å². The highest BCUT2D eigenvalue weighted by Crippen LogP contribution is 2.18. The number of aryl methyl sites for hydroxylation is 1. The molecule has 0 aliphatic rings. The standard InChI is InChI=1S/C13H14N8O/c22-12(5-2-6-21-9-16-19-20-21)17-11-4-1-3-10(7-11)13-14-8-15-18-13/h1,3-4,7-9H,2,5-6H2,(H,17,22)(H,14,15,18). The molecule has 3 rings (SSSR count). The van der Waals surface area contributed by atoms with Crippen LogP contribution in [0.25, 0.3) is 11.4 Å². The molecule has 2 N–H and O–H groups in total. The number of hydrogen-bond donors (Lipinski definition) is 2. The van der Waals surface area contributed by atoms with Crippen LogP contribution in [-0.2, 0) is 11.3 Å². The number of H-pyrrole nitrogens is 1. The van der Waals surface area contributed by atoms with E-state index in [1.165, 1.54) is 12.7 Å². The number of tetrazole rings is 1. The van der Waals surface area contributed by atoms with E-state index in [4.69, 9.17) is 0 Å². The molecule has 0 spiro atoms. The van der Waals surface area contributed by atoms with Crippen molar-refractivity contribution in [3.63, 3.8) is 0 Å². The van der Waals surface area contributed by atoms with Crippen molar-refractivity contribution in [3.8, 4) is 11.4 Å². The number of aromatic nitrogens is 7. The van der Waals surface area contributed by atoms with Crippen molar-refractivity contribution in [2.24, 2.45) is 0 Å². The average molecular weight is 298 g/mol. The predicted octanol–water partition coefficient (Wildman–Crippen LogP) is 0.877. The lowest BCUT2D eigenvalue weighted by Crippen LogP contribution is -2.12. The van der Waals surface area contributed by atoms with Crippen LogP contribution < -0.4 is 5.32 Å². The molecule has 0 unspecified atom stereocenters. The summed E-state index contributed by atoms with van der Waals surface area (Å²) in [6, 6.07) is 7.43. The number of amides is 1. The van der Waals surface area contributed by atoms with Gasteiger partial charge >= 0.3 is 0 Å². The minimum atomic E-state index is -0.0530. The molecule has 2 heterocycles. The molecule has 0 fully saturated rings. The van der Waals surface area contributed by atoms with Crippen molar-refractivity contribution in [1.29, 1.82) is 0 Å². The lowest BCUT2D eigenvalue weighted by atomic mass is 10.2. The minimum absolute atomic E-state index is 0.0530. The second-order valence-electron chi connectivity index (χ2n) is 4.64. The van der Waals surface area contributed by atoms with Crippen LogP contribution >= 0.6 is 0 Å². The molecule has 9 nitrogen and oxygen atoms in total. The molecule has 2 aromatic heterocycles. The van der Waals surface area contributed by atoms with Crippen LogP contribution in [-0.4, -0.2) is 41.3 Å². The van der Waals surface area contributed by atoms with E-state index in [0.29, 0.717) is 25.2 Å². The Hall–Kier alpha value is -3.10. The SMILES string of the molecule is O=C(CCCn1cnnn1)Nc1cccc(-c2ncn[nH]2)c1. The fourth-order valence-corrected chi connectivity index (χ4v) is 2.00. The lowest BCUT2D eigenvalue weighted by molar-refractivity contribution is -0.116. The van der Waals surface area contributed by atoms with Crippen LogP contribution in [0.4, 0.5) is 5.69 Å². The monoisotopic (exact) mass is 298 g/mol. The van der Waals surface area contributed by atoms with Gasteiger partial charge in [0.05, 0.1) is 0 Å². The summed E-state index contributed by atoms with van der Waals surface area (Å²) in [6.45, 7) is 0.610. The number of hydrogen-bond acceptors (Lipinski definition) is 6. The van der Waals surface area contributed by atoms with E-state index in [2.05, 4.69) is 36.0 Å². The van der Waals surface area contributed by atoms with Crippen LogP contribution in [0.15, 0.2) is 36.9 Å². The van der Waals surface area contributed by atoms with Crippen molar-refractivity contribution in [2.45, 2.75) is 19.4 Å². The van der Waals surface area contributed by atoms with Gasteiger partial charge in [0.15, 0.2) is 5.82 Å². The number of nitrogens with one attached hydrogen (secondary N) is 2. The van der Waals surface area contributed by atoms with Gasteiger partial charge in [-0.3, -0.25) is 9.89 Å². The van der Waals surface area contributed by atoms with Gasteiger partial charge in [0.1, 0.15) is 12.7 Å². The molecule has 0 radical (unpaired) electrons. The molecular weight excluding hydrogens is 284 g/mol. The third-order valence-electron chi connectivity index (χ3n) is 3.02. The van der Waals surface area contributed by atoms with E-state index < -0.39 is 0 Å². The number of anilines is 1. The summed E-state index contributed by atoms with van der Waals surface area (Å²) in [4.78, 5) is 16.0. The van der Waals surface area contributed by atoms with Gasteiger partial charge in [0.25, 0.3) is 0 Å². The number of nitrogens with zero attached hydrogens (tertiary/aromatic N) is 6. The summed E-state index contributed by atoms with van der Waals surface area (Å²) < 4.78 is 1.60. The number of rotatable bonds is 6. The Morgan fingerprint density at radius 2 is 2.32 bits per heavy atom. The summed E-state index contributed by atoms with van der Waals surface area (Å²) in [5.74, 6) is 0.609. The first-order chi connectivity index (χ1) is 10.8. The first-order valence-electron chi connectivity index (χ1n) is 6.78. The summed E-state index contributed by atoms with van der Waals surface area (Å²) >= 11 is 0. The van der Waals surface area contributed by atoms with E-state index in [9.17, 15) is 4.79 Å². The smallest absolute Gasteiger partial charge is 0.224 e. The molecule has 0 saturated heterocycles. The molecule has 0 bridgehead atoms. The first kappa shape index (κ1) is 13.9. The maximum absolute atomic E-state index is 11.9. The van der Waals surface area contributed by atoms with Gasteiger partial charge in [0.2, 0.25) is 5.91 Å². The zero-order valence-electron chi connectivity index (χ0n) is 11.7. The Bertz CT molecular complexity index is 722. The van der Waals surface area contributed by atoms with Gasteiger partial charge in [0, 0.05) is 24.2 Å². The van der Waals surface area contributed by atoms with Gasteiger partial charge in [-0.05, 0) is 29.0 Å². The van der Waals surface area contributed by atoms with Crippen LogP contribution in [0.2, 0.25) is 0 Å². The zero-order chi connectivity index (χ0) is 15.2. The third kappa shape index (κ3) is 3.51. The normalized spacial score (nSPS) is 10.5. The number of aromatic amines is 1. The largest absolute Gasteiger partial charge is 0.326 e. The van der Waals surface area contributed by atoms with Crippen LogP contribution in [0, 0.1) is 0 Å². The molecule has 0 saturated carbocycles. The molecule has 3 aromatic rings. The predicted molar refractivity (Wildman–Crippen MR) is 77.5 cm³/mol. The summed E-state index contributed by atoms with van der Waals surface area (Å²) in [6.07, 6.45) is 4.03. The Labute approximate surface area is 125 Å². The second-order valence-corrected chi connectivity index (χ2v) is 4.64. The Kier molecular flexibility index (Phi) is 4.14. The zero-order valence-corrected chi connectivity index (χ0v) is 11.7. The molecule has 1 aromatic carbocycles. The summed E-state index contributed by atoms with van der Waals surface area (Å²) in [5, 5.41) is 20.3. The number of carbonyl (C=O) groups is 1. The highest BCUT2D eigenvalue weighted by atomic mass is 16.1. The van der Waals surface area contributed by atoms with E-state index in [0.717, 1.165) is 11.3 Å². The van der Waals surface area contributed by atoms with Crippen molar-refractivity contribution in [3.05, 3.63) is 36.9 Å². The highest BCUT2D eigenvalue weighted by molar-refractivity contribution is 5.91. The first-order valence-corrected chi connectivity index (χ1v) is 6.78. The topological polar surface area (TPSA) is 114 Å². The number of benzene rings is 1. The summed E-state index contributed by atoms with van der Waals surface area (Å²) in [5.41, 5.74) is 1.59. The van der Waals surface area contributed by atoms with Gasteiger partial charge in [-0.15, -0.1) is 5.10 Å². The van der Waals surface area contributed by atoms with Crippen molar-refractivity contribution >= 4 is 11.6 Å². The fraction of sp³-hybridized carbons (Fsp3) is 0.231. The van der Waals surface area contributed by atoms with E-state index in [1.54, 1.807) is 4.68 Å². The van der Waals surface area contributed by atoms with Gasteiger partial charge in [-0.1, -0.05) is 12.1 Å². The Morgan fingerprint density at radius 1 is 1.36 bits per heavy atom. The fourth-order valence-electron chi connectivity index (χ4n) is 2.00. The molecule has 0 aliphatic carbocycles. The maximum Gasteiger partial charge on any atom is 0.224 e. The van der Waals surface area contributed by atoms with Crippen molar-refractivity contribution < 1.29 is 4.79 Å². The third-order valence-corrected chi connectivity index (χ3v) is 3.02. The second kappa shape index (κ2) is 6.57. The van der Waals surface area contributed by atoms with Gasteiger partial charge in [-0.2, -0.15) is 5.10 Å². The van der Waals surface area contributed by atoms with Crippen LogP contribution in [0.1, 0.15) is 12.8 Å². The lowest BCUT2D eigenvalue weighted by Gasteiger charge is -2.06. The molecular formula is C13H14N8O. The Morgan fingerprint density at radius 3 is 3.09 bits per heavy atom. The maximum atomic E-state index is 11.9. The van der Waals surface area contributed by atoms with Crippen molar-refractivity contribution in [2.75, 3.05) is 5.32 Å². The summed E-state index contributed by atoms with van der Waals surface area (Å²) in [7, 11) is 0. The average Bonchev–Trinajstić information content (AvgIpc) is 3.21. The van der Waals surface area contributed by atoms with E-state index >= 15 is 0 Å². The molecule has 9 heteroatoms. The molecule has 0 atom stereocenters. The van der Waals surface area contributed by atoms with Crippen LogP contribution in [0.5, 0.6) is 0 Å².